The Hall–Kier alpha value is -1.04. The molecular weight excluding hydrogens is 248 g/mol. The number of nitriles is 1. The maximum Gasteiger partial charge on any atom is 0.240 e. The van der Waals surface area contributed by atoms with Crippen LogP contribution in [0, 0.1) is 28.1 Å². The smallest absolute Gasteiger partial charge is 0.240 e. The summed E-state index contributed by atoms with van der Waals surface area (Å²) in [5.41, 5.74) is -0.434. The minimum atomic E-state index is -0.725. The van der Waals surface area contributed by atoms with Crippen LogP contribution >= 0.6 is 0 Å². The van der Waals surface area contributed by atoms with Gasteiger partial charge in [0.15, 0.2) is 0 Å². The summed E-state index contributed by atoms with van der Waals surface area (Å²) in [6, 6.07) is 2.29. The van der Waals surface area contributed by atoms with Crippen LogP contribution in [0.15, 0.2) is 0 Å². The van der Waals surface area contributed by atoms with Gasteiger partial charge in [0.05, 0.1) is 6.07 Å². The molecule has 3 heteroatoms. The predicted octanol–water partition coefficient (Wildman–Crippen LogP) is 3.79. The van der Waals surface area contributed by atoms with E-state index in [-0.39, 0.29) is 5.91 Å². The summed E-state index contributed by atoms with van der Waals surface area (Å²) in [7, 11) is 0. The second-order valence-corrected chi connectivity index (χ2v) is 7.39. The number of rotatable bonds is 5. The lowest BCUT2D eigenvalue weighted by atomic mass is 9.78. The van der Waals surface area contributed by atoms with Crippen molar-refractivity contribution in [2.75, 3.05) is 6.54 Å². The van der Waals surface area contributed by atoms with E-state index in [1.165, 1.54) is 32.1 Å². The highest BCUT2D eigenvalue weighted by atomic mass is 16.2. The SMILES string of the molecule is CC(C)CC1(CNC(=O)C2(C#N)CCCC2)CCCC1. The van der Waals surface area contributed by atoms with Gasteiger partial charge in [0.25, 0.3) is 0 Å². The first kappa shape index (κ1) is 15.4. The van der Waals surface area contributed by atoms with Crippen molar-refractivity contribution in [1.82, 2.24) is 5.32 Å². The molecule has 0 saturated heterocycles. The first-order valence-corrected chi connectivity index (χ1v) is 8.22. The van der Waals surface area contributed by atoms with Crippen LogP contribution in [0.3, 0.4) is 0 Å². The Labute approximate surface area is 123 Å². The third kappa shape index (κ3) is 3.16. The van der Waals surface area contributed by atoms with E-state index < -0.39 is 5.41 Å². The van der Waals surface area contributed by atoms with E-state index in [4.69, 9.17) is 0 Å². The molecular formula is C17H28N2O. The third-order valence-corrected chi connectivity index (χ3v) is 5.24. The summed E-state index contributed by atoms with van der Waals surface area (Å²) in [5.74, 6) is 0.661. The van der Waals surface area contributed by atoms with Crippen molar-refractivity contribution in [3.8, 4) is 6.07 Å². The first-order chi connectivity index (χ1) is 9.52. The molecule has 0 aromatic heterocycles. The standard InChI is InChI=1S/C17H28N2O/c1-14(2)11-16(7-3-4-8-16)13-19-15(20)17(12-18)9-5-6-10-17/h14H,3-11,13H2,1-2H3,(H,19,20). The fraction of sp³-hybridized carbons (Fsp3) is 0.882. The summed E-state index contributed by atoms with van der Waals surface area (Å²) >= 11 is 0. The van der Waals surface area contributed by atoms with Crippen LogP contribution in [0.5, 0.6) is 0 Å². The van der Waals surface area contributed by atoms with Gasteiger partial charge in [-0.05, 0) is 43.4 Å². The molecule has 2 aliphatic carbocycles. The van der Waals surface area contributed by atoms with Gasteiger partial charge in [-0.3, -0.25) is 4.79 Å². The van der Waals surface area contributed by atoms with Gasteiger partial charge in [0.1, 0.15) is 5.41 Å². The molecule has 0 heterocycles. The van der Waals surface area contributed by atoms with Crippen LogP contribution in [-0.4, -0.2) is 12.5 Å². The molecule has 1 amide bonds. The molecule has 20 heavy (non-hydrogen) atoms. The number of nitrogens with one attached hydrogen (secondary N) is 1. The van der Waals surface area contributed by atoms with Gasteiger partial charge < -0.3 is 5.32 Å². The van der Waals surface area contributed by atoms with E-state index in [2.05, 4.69) is 25.2 Å². The van der Waals surface area contributed by atoms with Gasteiger partial charge in [-0.15, -0.1) is 0 Å². The monoisotopic (exact) mass is 276 g/mol. The first-order valence-electron chi connectivity index (χ1n) is 8.22. The third-order valence-electron chi connectivity index (χ3n) is 5.24. The molecule has 1 N–H and O–H groups in total. The average molecular weight is 276 g/mol. The van der Waals surface area contributed by atoms with Crippen LogP contribution in [-0.2, 0) is 4.79 Å². The minimum Gasteiger partial charge on any atom is -0.354 e. The zero-order chi connectivity index (χ0) is 14.6. The summed E-state index contributed by atoms with van der Waals surface area (Å²) in [4.78, 5) is 12.4. The maximum absolute atomic E-state index is 12.4. The van der Waals surface area contributed by atoms with Gasteiger partial charge in [-0.1, -0.05) is 39.5 Å². The van der Waals surface area contributed by atoms with Crippen LogP contribution in [0.4, 0.5) is 0 Å². The molecule has 0 unspecified atom stereocenters. The predicted molar refractivity (Wildman–Crippen MR) is 79.9 cm³/mol. The second kappa shape index (κ2) is 6.16. The molecule has 0 atom stereocenters. The van der Waals surface area contributed by atoms with Crippen molar-refractivity contribution < 1.29 is 4.79 Å². The number of hydrogen-bond donors (Lipinski definition) is 1. The molecule has 112 valence electrons. The van der Waals surface area contributed by atoms with E-state index in [1.54, 1.807) is 0 Å². The molecule has 0 spiro atoms. The molecule has 0 bridgehead atoms. The highest BCUT2D eigenvalue weighted by Gasteiger charge is 2.43. The summed E-state index contributed by atoms with van der Waals surface area (Å²) < 4.78 is 0. The van der Waals surface area contributed by atoms with Crippen LogP contribution in [0.25, 0.3) is 0 Å². The fourth-order valence-corrected chi connectivity index (χ4v) is 4.25. The Morgan fingerprint density at radius 1 is 1.15 bits per heavy atom. The molecule has 2 fully saturated rings. The quantitative estimate of drug-likeness (QED) is 0.830. The number of carbonyl (C=O) groups excluding carboxylic acids is 1. The van der Waals surface area contributed by atoms with Crippen molar-refractivity contribution in [3.05, 3.63) is 0 Å². The lowest BCUT2D eigenvalue weighted by Crippen LogP contribution is -2.43. The number of carbonyl (C=O) groups is 1. The van der Waals surface area contributed by atoms with Crippen LogP contribution < -0.4 is 5.32 Å². The van der Waals surface area contributed by atoms with Crippen LogP contribution in [0.1, 0.15) is 71.6 Å². The highest BCUT2D eigenvalue weighted by Crippen LogP contribution is 2.43. The molecule has 0 aromatic carbocycles. The van der Waals surface area contributed by atoms with Crippen molar-refractivity contribution in [3.63, 3.8) is 0 Å². The Bertz CT molecular complexity index is 382. The van der Waals surface area contributed by atoms with Crippen molar-refractivity contribution in [2.45, 2.75) is 71.6 Å². The molecule has 2 rings (SSSR count). The molecule has 2 aliphatic rings. The number of hydrogen-bond acceptors (Lipinski definition) is 2. The second-order valence-electron chi connectivity index (χ2n) is 7.39. The lowest BCUT2D eigenvalue weighted by molar-refractivity contribution is -0.128. The van der Waals surface area contributed by atoms with E-state index in [9.17, 15) is 10.1 Å². The normalized spacial score (nSPS) is 23.7. The van der Waals surface area contributed by atoms with Gasteiger partial charge in [-0.25, -0.2) is 0 Å². The highest BCUT2D eigenvalue weighted by molar-refractivity contribution is 5.85. The topological polar surface area (TPSA) is 52.9 Å². The van der Waals surface area contributed by atoms with Crippen molar-refractivity contribution in [1.29, 1.82) is 5.26 Å². The van der Waals surface area contributed by atoms with Gasteiger partial charge >= 0.3 is 0 Å². The molecule has 0 aliphatic heterocycles. The van der Waals surface area contributed by atoms with Gasteiger partial charge in [0.2, 0.25) is 5.91 Å². The number of amides is 1. The summed E-state index contributed by atoms with van der Waals surface area (Å²) in [5, 5.41) is 12.5. The minimum absolute atomic E-state index is 0.00692. The van der Waals surface area contributed by atoms with Gasteiger partial charge in [0, 0.05) is 6.54 Å². The Morgan fingerprint density at radius 3 is 2.20 bits per heavy atom. The summed E-state index contributed by atoms with van der Waals surface area (Å²) in [6.07, 6.45) is 9.72. The average Bonchev–Trinajstić information content (AvgIpc) is 3.05. The van der Waals surface area contributed by atoms with Gasteiger partial charge in [-0.2, -0.15) is 5.26 Å². The fourth-order valence-electron chi connectivity index (χ4n) is 4.25. The maximum atomic E-state index is 12.4. The molecule has 2 saturated carbocycles. The number of nitrogens with zero attached hydrogens (tertiary/aromatic N) is 1. The van der Waals surface area contributed by atoms with Crippen molar-refractivity contribution >= 4 is 5.91 Å². The molecule has 0 aromatic rings. The Balaban J connectivity index is 1.96. The molecule has 0 radical (unpaired) electrons. The largest absolute Gasteiger partial charge is 0.354 e. The van der Waals surface area contributed by atoms with E-state index in [1.807, 2.05) is 0 Å². The van der Waals surface area contributed by atoms with E-state index in [0.29, 0.717) is 11.3 Å². The van der Waals surface area contributed by atoms with E-state index >= 15 is 0 Å². The zero-order valence-corrected chi connectivity index (χ0v) is 13.0. The Kier molecular flexibility index (Phi) is 4.73. The summed E-state index contributed by atoms with van der Waals surface area (Å²) in [6.45, 7) is 5.29. The van der Waals surface area contributed by atoms with Crippen LogP contribution in [0.2, 0.25) is 0 Å². The van der Waals surface area contributed by atoms with E-state index in [0.717, 1.165) is 32.2 Å². The zero-order valence-electron chi connectivity index (χ0n) is 13.0. The lowest BCUT2D eigenvalue weighted by Gasteiger charge is -2.32. The molecule has 3 nitrogen and oxygen atoms in total. The van der Waals surface area contributed by atoms with Crippen molar-refractivity contribution in [2.24, 2.45) is 16.7 Å². The Morgan fingerprint density at radius 2 is 1.70 bits per heavy atom.